The highest BCUT2D eigenvalue weighted by Crippen LogP contribution is 2.25. The van der Waals surface area contributed by atoms with Crippen LogP contribution in [0.2, 0.25) is 0 Å². The molecule has 0 amide bonds. The van der Waals surface area contributed by atoms with Crippen LogP contribution in [-0.2, 0) is 32.5 Å². The fraction of sp³-hybridized carbons (Fsp3) is 0.545. The van der Waals surface area contributed by atoms with E-state index in [-0.39, 0.29) is 31.5 Å². The van der Waals surface area contributed by atoms with Gasteiger partial charge >= 0.3 is 11.7 Å². The number of rotatable bonds is 5. The third-order valence-corrected chi connectivity index (χ3v) is 3.62. The molecule has 1 N–H and O–H groups in total. The van der Waals surface area contributed by atoms with Crippen molar-refractivity contribution in [3.63, 3.8) is 0 Å². The zero-order valence-electron chi connectivity index (χ0n) is 10.4. The van der Waals surface area contributed by atoms with Crippen LogP contribution in [0.5, 0.6) is 0 Å². The predicted molar refractivity (Wildman–Crippen MR) is 68.9 cm³/mol. The number of carbonyl (C=O) groups is 1. The maximum Gasteiger partial charge on any atom is 0.330 e. The molecule has 0 unspecified atom stereocenters. The average Bonchev–Trinajstić information content (AvgIpc) is 2.81. The lowest BCUT2D eigenvalue weighted by atomic mass is 10.3. The van der Waals surface area contributed by atoms with E-state index in [0.717, 1.165) is 0 Å². The van der Waals surface area contributed by atoms with Gasteiger partial charge in [0, 0.05) is 29.7 Å². The van der Waals surface area contributed by atoms with Crippen molar-refractivity contribution in [2.24, 2.45) is 0 Å². The number of carbonyl (C=O) groups excluding carboxylic acids is 1. The highest BCUT2D eigenvalue weighted by molar-refractivity contribution is 7.98. The molecule has 0 bridgehead atoms. The molecule has 0 radical (unpaired) electrons. The summed E-state index contributed by atoms with van der Waals surface area (Å²) in [5.41, 5.74) is 0.555. The van der Waals surface area contributed by atoms with E-state index in [1.54, 1.807) is 11.8 Å². The molecule has 104 valence electrons. The topological polar surface area (TPSA) is 90.4 Å². The Morgan fingerprint density at radius 3 is 2.89 bits per heavy atom. The summed E-state index contributed by atoms with van der Waals surface area (Å²) in [6.45, 7) is 1.70. The summed E-state index contributed by atoms with van der Waals surface area (Å²) < 4.78 is 11.4. The molecule has 0 spiro atoms. The fourth-order valence-electron chi connectivity index (χ4n) is 1.76. The van der Waals surface area contributed by atoms with E-state index in [9.17, 15) is 14.4 Å². The zero-order chi connectivity index (χ0) is 13.8. The number of hydrogen-bond donors (Lipinski definition) is 1. The van der Waals surface area contributed by atoms with Gasteiger partial charge in [0.05, 0.1) is 6.61 Å². The maximum atomic E-state index is 11.7. The zero-order valence-corrected chi connectivity index (χ0v) is 11.2. The van der Waals surface area contributed by atoms with E-state index in [0.29, 0.717) is 22.8 Å². The molecular weight excluding hydrogens is 272 g/mol. The van der Waals surface area contributed by atoms with Gasteiger partial charge in [-0.3, -0.25) is 19.1 Å². The fourth-order valence-corrected chi connectivity index (χ4v) is 2.88. The van der Waals surface area contributed by atoms with E-state index in [1.807, 2.05) is 0 Å². The molecule has 1 aromatic heterocycles. The first-order chi connectivity index (χ1) is 9.09. The van der Waals surface area contributed by atoms with Gasteiger partial charge in [-0.2, -0.15) is 11.8 Å². The highest BCUT2D eigenvalue weighted by Gasteiger charge is 2.20. The number of aromatic amines is 1. The standard InChI is InChI=1S/C11H14N2O5S/c1-7(14)18-3-2-17-6-13-9-5-19-4-8(9)10(15)12-11(13)16/h2-6H2,1H3,(H,12,15,16). The van der Waals surface area contributed by atoms with Crippen LogP contribution in [0, 0.1) is 0 Å². The van der Waals surface area contributed by atoms with Gasteiger partial charge in [-0.05, 0) is 0 Å². The number of aromatic nitrogens is 2. The van der Waals surface area contributed by atoms with Crippen LogP contribution < -0.4 is 11.2 Å². The molecule has 0 aliphatic carbocycles. The Kier molecular flexibility index (Phi) is 4.43. The third-order valence-electron chi connectivity index (χ3n) is 2.65. The van der Waals surface area contributed by atoms with Crippen LogP contribution in [0.4, 0.5) is 0 Å². The molecule has 0 atom stereocenters. The van der Waals surface area contributed by atoms with Crippen LogP contribution in [0.25, 0.3) is 0 Å². The van der Waals surface area contributed by atoms with Crippen molar-refractivity contribution in [2.45, 2.75) is 25.2 Å². The van der Waals surface area contributed by atoms with Crippen LogP contribution in [0.15, 0.2) is 9.59 Å². The lowest BCUT2D eigenvalue weighted by Crippen LogP contribution is -2.34. The first-order valence-electron chi connectivity index (χ1n) is 5.73. The van der Waals surface area contributed by atoms with Crippen molar-refractivity contribution < 1.29 is 14.3 Å². The lowest BCUT2D eigenvalue weighted by molar-refractivity contribution is -0.142. The second kappa shape index (κ2) is 6.07. The first-order valence-corrected chi connectivity index (χ1v) is 6.89. The number of H-pyrrole nitrogens is 1. The van der Waals surface area contributed by atoms with Gasteiger partial charge in [-0.25, -0.2) is 4.79 Å². The summed E-state index contributed by atoms with van der Waals surface area (Å²) in [6.07, 6.45) is 0. The Morgan fingerprint density at radius 1 is 1.37 bits per heavy atom. The molecule has 1 aromatic rings. The van der Waals surface area contributed by atoms with Crippen LogP contribution in [0.1, 0.15) is 18.2 Å². The summed E-state index contributed by atoms with van der Waals surface area (Å²) >= 11 is 1.58. The predicted octanol–water partition coefficient (Wildman–Crippen LogP) is -0.179. The van der Waals surface area contributed by atoms with Crippen LogP contribution >= 0.6 is 11.8 Å². The van der Waals surface area contributed by atoms with Gasteiger partial charge in [-0.1, -0.05) is 0 Å². The molecule has 1 aliphatic heterocycles. The van der Waals surface area contributed by atoms with Crippen molar-refractivity contribution in [1.29, 1.82) is 0 Å². The lowest BCUT2D eigenvalue weighted by Gasteiger charge is -2.11. The van der Waals surface area contributed by atoms with Gasteiger partial charge in [-0.15, -0.1) is 0 Å². The molecule has 0 saturated carbocycles. The molecule has 7 nitrogen and oxygen atoms in total. The minimum absolute atomic E-state index is 0.0414. The average molecular weight is 286 g/mol. The van der Waals surface area contributed by atoms with Crippen LogP contribution in [-0.4, -0.2) is 28.7 Å². The van der Waals surface area contributed by atoms with E-state index < -0.39 is 5.69 Å². The van der Waals surface area contributed by atoms with E-state index >= 15 is 0 Å². The van der Waals surface area contributed by atoms with Crippen molar-refractivity contribution >= 4 is 17.7 Å². The van der Waals surface area contributed by atoms with Crippen molar-refractivity contribution in [3.8, 4) is 0 Å². The second-order valence-corrected chi connectivity index (χ2v) is 4.97. The van der Waals surface area contributed by atoms with Gasteiger partial charge in [0.25, 0.3) is 5.56 Å². The Bertz CT molecular complexity index is 592. The molecule has 0 fully saturated rings. The van der Waals surface area contributed by atoms with Crippen molar-refractivity contribution in [2.75, 3.05) is 13.2 Å². The minimum Gasteiger partial charge on any atom is -0.463 e. The maximum absolute atomic E-state index is 11.7. The summed E-state index contributed by atoms with van der Waals surface area (Å²) in [5, 5.41) is 0. The van der Waals surface area contributed by atoms with Gasteiger partial charge in [0.2, 0.25) is 0 Å². The molecule has 1 aliphatic rings. The Morgan fingerprint density at radius 2 is 2.16 bits per heavy atom. The molecule has 2 heterocycles. The SMILES string of the molecule is CC(=O)OCCOCn1c2c(c(=O)[nH]c1=O)CSC2. The van der Waals surface area contributed by atoms with Crippen LogP contribution in [0.3, 0.4) is 0 Å². The molecule has 0 saturated heterocycles. The minimum atomic E-state index is -0.473. The number of fused-ring (bicyclic) bond motifs is 1. The number of nitrogens with one attached hydrogen (secondary N) is 1. The molecule has 2 rings (SSSR count). The van der Waals surface area contributed by atoms with Crippen molar-refractivity contribution in [3.05, 3.63) is 32.1 Å². The van der Waals surface area contributed by atoms with E-state index in [2.05, 4.69) is 4.98 Å². The smallest absolute Gasteiger partial charge is 0.330 e. The Hall–Kier alpha value is -1.54. The summed E-state index contributed by atoms with van der Waals surface area (Å²) in [6, 6.07) is 0. The van der Waals surface area contributed by atoms with Gasteiger partial charge < -0.3 is 9.47 Å². The summed E-state index contributed by atoms with van der Waals surface area (Å²) in [4.78, 5) is 36.1. The van der Waals surface area contributed by atoms with Crippen molar-refractivity contribution in [1.82, 2.24) is 9.55 Å². The number of hydrogen-bond acceptors (Lipinski definition) is 6. The number of esters is 1. The number of nitrogens with zero attached hydrogens (tertiary/aromatic N) is 1. The molecule has 19 heavy (non-hydrogen) atoms. The number of thioether (sulfide) groups is 1. The molecule has 0 aromatic carbocycles. The Balaban J connectivity index is 2.01. The number of ether oxygens (including phenoxy) is 2. The normalized spacial score (nSPS) is 13.3. The van der Waals surface area contributed by atoms with E-state index in [4.69, 9.17) is 9.47 Å². The van der Waals surface area contributed by atoms with E-state index in [1.165, 1.54) is 11.5 Å². The molecule has 8 heteroatoms. The van der Waals surface area contributed by atoms with Gasteiger partial charge in [0.15, 0.2) is 0 Å². The monoisotopic (exact) mass is 286 g/mol. The quantitative estimate of drug-likeness (QED) is 0.596. The summed E-state index contributed by atoms with van der Waals surface area (Å²) in [7, 11) is 0. The highest BCUT2D eigenvalue weighted by atomic mass is 32.2. The largest absolute Gasteiger partial charge is 0.463 e. The molecular formula is C11H14N2O5S. The first kappa shape index (κ1) is 13.9. The Labute approximate surface area is 112 Å². The second-order valence-electron chi connectivity index (χ2n) is 3.98. The summed E-state index contributed by atoms with van der Waals surface area (Å²) in [5.74, 6) is 0.863. The third kappa shape index (κ3) is 3.27. The van der Waals surface area contributed by atoms with Gasteiger partial charge in [0.1, 0.15) is 13.3 Å².